The van der Waals surface area contributed by atoms with Gasteiger partial charge in [-0.15, -0.1) is 0 Å². The summed E-state index contributed by atoms with van der Waals surface area (Å²) in [6.45, 7) is 5.23. The molecular weight excluding hydrogens is 281 g/mol. The van der Waals surface area contributed by atoms with Crippen LogP contribution in [0, 0.1) is 14.9 Å². The standard InChI is InChI=1S/C4H10O.2CH3.CH2.Ta/c1-4(2,3)5;;;;/h5H,1-3H3;2*1H3;1H2;/q;2*-1;;. The Morgan fingerprint density at radius 1 is 1.11 bits per heavy atom. The minimum atomic E-state index is -0.500. The van der Waals surface area contributed by atoms with E-state index in [2.05, 4.69) is 4.73 Å². The summed E-state index contributed by atoms with van der Waals surface area (Å²) in [5, 5.41) is 8.52. The molecule has 0 aromatic heterocycles. The molecule has 1 nitrogen and oxygen atoms in total. The van der Waals surface area contributed by atoms with Crippen molar-refractivity contribution >= 4 is 4.73 Å². The van der Waals surface area contributed by atoms with E-state index < -0.39 is 5.60 Å². The summed E-state index contributed by atoms with van der Waals surface area (Å²) in [6, 6.07) is 0. The number of hydrogen-bond acceptors (Lipinski definition) is 1. The van der Waals surface area contributed by atoms with Crippen LogP contribution in [0.15, 0.2) is 0 Å². The van der Waals surface area contributed by atoms with Crippen LogP contribution < -0.4 is 0 Å². The van der Waals surface area contributed by atoms with Gasteiger partial charge < -0.3 is 20.0 Å². The molecule has 0 amide bonds. The summed E-state index contributed by atoms with van der Waals surface area (Å²) in [5.41, 5.74) is -0.500. The van der Waals surface area contributed by atoms with E-state index in [1.54, 1.807) is 20.8 Å². The number of aliphatic hydroxyl groups is 1. The Morgan fingerprint density at radius 3 is 1.11 bits per heavy atom. The molecule has 0 rings (SSSR count). The molecule has 0 radical (unpaired) electrons. The molecule has 0 heterocycles. The molecule has 9 heavy (non-hydrogen) atoms. The van der Waals surface area contributed by atoms with Gasteiger partial charge in [-0.25, -0.2) is 0 Å². The van der Waals surface area contributed by atoms with Crippen LogP contribution >= 0.6 is 0 Å². The van der Waals surface area contributed by atoms with Crippen LogP contribution in [0.3, 0.4) is 0 Å². The van der Waals surface area contributed by atoms with Gasteiger partial charge in [-0.2, -0.15) is 0 Å². The molecule has 0 aliphatic heterocycles. The zero-order chi connectivity index (χ0) is 6.50. The maximum Gasteiger partial charge on any atom is -0.358 e. The first-order chi connectivity index (χ1) is 3.00. The molecule has 2 heteroatoms. The van der Waals surface area contributed by atoms with E-state index >= 15 is 0 Å². The van der Waals surface area contributed by atoms with Crippen molar-refractivity contribution in [2.45, 2.75) is 26.4 Å². The van der Waals surface area contributed by atoms with Crippen molar-refractivity contribution in [3.05, 3.63) is 14.9 Å². The molecule has 0 unspecified atom stereocenters. The molecule has 0 bridgehead atoms. The topological polar surface area (TPSA) is 20.2 Å². The molecule has 0 aromatic rings. The molecule has 59 valence electrons. The Balaban J connectivity index is -0.0000000286. The van der Waals surface area contributed by atoms with Crippen molar-refractivity contribution in [3.8, 4) is 0 Å². The summed E-state index contributed by atoms with van der Waals surface area (Å²) in [5.74, 6) is 0. The summed E-state index contributed by atoms with van der Waals surface area (Å²) >= 11 is 1.19. The third kappa shape index (κ3) is 1140. The third-order valence-electron chi connectivity index (χ3n) is 0. The van der Waals surface area contributed by atoms with Crippen molar-refractivity contribution in [2.24, 2.45) is 0 Å². The molecule has 1 N–H and O–H groups in total. The van der Waals surface area contributed by atoms with Crippen LogP contribution in [0.4, 0.5) is 0 Å². The molecule has 0 saturated carbocycles. The molecule has 0 atom stereocenters. The normalized spacial score (nSPS) is 7.00. The van der Waals surface area contributed by atoms with E-state index in [4.69, 9.17) is 5.11 Å². The molecular formula is C7H18OTa-2. The number of rotatable bonds is 0. The molecule has 0 saturated heterocycles. The molecule has 0 aliphatic rings. The predicted octanol–water partition coefficient (Wildman–Crippen LogP) is 1.64. The Hall–Kier alpha value is 0.570. The smallest absolute Gasteiger partial charge is 0.358 e. The molecule has 0 aliphatic carbocycles. The van der Waals surface area contributed by atoms with Crippen LogP contribution in [-0.4, -0.2) is 15.4 Å². The van der Waals surface area contributed by atoms with E-state index in [1.807, 2.05) is 0 Å². The Morgan fingerprint density at radius 2 is 1.11 bits per heavy atom. The van der Waals surface area contributed by atoms with Gasteiger partial charge in [0.05, 0.1) is 5.60 Å². The largest absolute Gasteiger partial charge is 0.358 e. The van der Waals surface area contributed by atoms with Gasteiger partial charge in [-0.05, 0) is 20.8 Å². The second-order valence-corrected chi connectivity index (χ2v) is 2.17. The summed E-state index contributed by atoms with van der Waals surface area (Å²) < 4.78 is 3.36. The third-order valence-corrected chi connectivity index (χ3v) is 0. The fourth-order valence-electron chi connectivity index (χ4n) is 0. The van der Waals surface area contributed by atoms with Crippen molar-refractivity contribution < 1.29 is 25.7 Å². The van der Waals surface area contributed by atoms with E-state index in [0.717, 1.165) is 0 Å². The zero-order valence-electron chi connectivity index (χ0n) is 7.10. The Kier molecular flexibility index (Phi) is 28.6. The van der Waals surface area contributed by atoms with Gasteiger partial charge in [-0.1, -0.05) is 0 Å². The van der Waals surface area contributed by atoms with Gasteiger partial charge in [0, 0.05) is 0 Å². The van der Waals surface area contributed by atoms with E-state index in [0.29, 0.717) is 0 Å². The van der Waals surface area contributed by atoms with Crippen molar-refractivity contribution in [1.82, 2.24) is 0 Å². The summed E-state index contributed by atoms with van der Waals surface area (Å²) in [7, 11) is 0. The summed E-state index contributed by atoms with van der Waals surface area (Å²) in [6.07, 6.45) is 0. The van der Waals surface area contributed by atoms with E-state index in [9.17, 15) is 0 Å². The SMILES string of the molecule is CC(C)(C)O.[CH2]=[Ta].[CH3-].[CH3-]. The Labute approximate surface area is 71.9 Å². The average Bonchev–Trinajstić information content (AvgIpc) is 1.36. The fraction of sp³-hybridized carbons (Fsp3) is 0.571. The molecule has 0 fully saturated rings. The first-order valence-corrected chi connectivity index (χ1v) is 4.31. The summed E-state index contributed by atoms with van der Waals surface area (Å²) in [4.78, 5) is 0. The van der Waals surface area contributed by atoms with Crippen molar-refractivity contribution in [3.63, 3.8) is 0 Å². The maximum absolute atomic E-state index is 8.52. The maximum atomic E-state index is 8.52. The first-order valence-electron chi connectivity index (χ1n) is 2.04. The van der Waals surface area contributed by atoms with Crippen molar-refractivity contribution in [2.75, 3.05) is 0 Å². The average molecular weight is 299 g/mol. The number of hydrogen-bond donors (Lipinski definition) is 1. The van der Waals surface area contributed by atoms with Gasteiger partial charge in [0.2, 0.25) is 0 Å². The second-order valence-electron chi connectivity index (χ2n) is 2.17. The van der Waals surface area contributed by atoms with Crippen LogP contribution in [-0.2, 0) is 20.6 Å². The minimum absolute atomic E-state index is 0. The van der Waals surface area contributed by atoms with Gasteiger partial charge in [0.15, 0.2) is 0 Å². The van der Waals surface area contributed by atoms with E-state index in [-0.39, 0.29) is 14.9 Å². The van der Waals surface area contributed by atoms with Crippen LogP contribution in [0.2, 0.25) is 0 Å². The zero-order valence-corrected chi connectivity index (χ0v) is 10.3. The quantitative estimate of drug-likeness (QED) is 0.674. The predicted molar refractivity (Wildman–Crippen MR) is 41.9 cm³/mol. The monoisotopic (exact) mass is 299 g/mol. The molecule has 0 spiro atoms. The van der Waals surface area contributed by atoms with Gasteiger partial charge in [0.1, 0.15) is 0 Å². The minimum Gasteiger partial charge on any atom is -0.358 e. The Bertz CT molecular complexity index is 32.7. The van der Waals surface area contributed by atoms with Crippen LogP contribution in [0.1, 0.15) is 20.8 Å². The fourth-order valence-corrected chi connectivity index (χ4v) is 0. The van der Waals surface area contributed by atoms with Gasteiger partial charge >= 0.3 is 25.3 Å². The van der Waals surface area contributed by atoms with Crippen molar-refractivity contribution in [1.29, 1.82) is 0 Å². The van der Waals surface area contributed by atoms with Gasteiger partial charge in [-0.3, -0.25) is 0 Å². The van der Waals surface area contributed by atoms with Crippen LogP contribution in [0.5, 0.6) is 0 Å². The first kappa shape index (κ1) is 22.7. The van der Waals surface area contributed by atoms with Crippen LogP contribution in [0.25, 0.3) is 0 Å². The molecule has 0 aromatic carbocycles. The van der Waals surface area contributed by atoms with E-state index in [1.165, 1.54) is 20.6 Å². The second kappa shape index (κ2) is 11.4. The van der Waals surface area contributed by atoms with Gasteiger partial charge in [0.25, 0.3) is 0 Å².